The molecule has 8 heteroatoms. The van der Waals surface area contributed by atoms with E-state index in [2.05, 4.69) is 10.9 Å². The van der Waals surface area contributed by atoms with Crippen LogP contribution in [0, 0.1) is 0 Å². The number of carbonyl (C=O) groups is 3. The molecule has 0 aromatic heterocycles. The largest absolute Gasteiger partial charge is 0.485 e. The first-order valence-corrected chi connectivity index (χ1v) is 9.36. The molecule has 0 radical (unpaired) electrons. The molecule has 2 aliphatic rings. The van der Waals surface area contributed by atoms with Gasteiger partial charge >= 0.3 is 5.97 Å². The lowest BCUT2D eigenvalue weighted by Gasteiger charge is -2.25. The zero-order valence-corrected chi connectivity index (χ0v) is 15.6. The molecule has 2 aromatic carbocycles. The number of carbonyl (C=O) groups excluding carboxylic acids is 3. The van der Waals surface area contributed by atoms with E-state index < -0.39 is 30.5 Å². The molecule has 2 N–H and O–H groups in total. The van der Waals surface area contributed by atoms with Crippen molar-refractivity contribution < 1.29 is 28.6 Å². The summed E-state index contributed by atoms with van der Waals surface area (Å²) in [7, 11) is 0. The molecule has 0 saturated heterocycles. The first-order valence-electron chi connectivity index (χ1n) is 9.36. The first kappa shape index (κ1) is 18.8. The maximum Gasteiger partial charge on any atom is 0.338 e. The minimum atomic E-state index is -0.904. The number of aryl methyl sites for hydroxylation is 2. The van der Waals surface area contributed by atoms with E-state index in [0.717, 1.165) is 24.8 Å². The zero-order chi connectivity index (χ0) is 20.2. The molecule has 8 nitrogen and oxygen atoms in total. The molecule has 29 heavy (non-hydrogen) atoms. The Hall–Kier alpha value is -3.55. The standard InChI is InChI=1S/C21H20N2O6/c24-19(12-28-21(26)15-9-8-13-4-3-5-14(13)10-15)22-23-20(25)18-11-27-16-6-1-2-7-17(16)29-18/h1-2,6-10,18H,3-5,11-12H2,(H,22,24)(H,23,25)/t18-/m1/s1. The van der Waals surface area contributed by atoms with E-state index in [0.29, 0.717) is 17.1 Å². The molecular formula is C21H20N2O6. The Morgan fingerprint density at radius 2 is 1.79 bits per heavy atom. The summed E-state index contributed by atoms with van der Waals surface area (Å²) >= 11 is 0. The van der Waals surface area contributed by atoms with Crippen LogP contribution < -0.4 is 20.3 Å². The van der Waals surface area contributed by atoms with Crippen molar-refractivity contribution in [3.8, 4) is 11.5 Å². The van der Waals surface area contributed by atoms with Gasteiger partial charge in [0.2, 0.25) is 6.10 Å². The van der Waals surface area contributed by atoms with Gasteiger partial charge in [-0.05, 0) is 54.7 Å². The number of ether oxygens (including phenoxy) is 3. The number of hydrazine groups is 1. The van der Waals surface area contributed by atoms with Crippen molar-refractivity contribution in [2.24, 2.45) is 0 Å². The number of nitrogens with one attached hydrogen (secondary N) is 2. The number of rotatable bonds is 4. The van der Waals surface area contributed by atoms with Gasteiger partial charge in [-0.3, -0.25) is 20.4 Å². The highest BCUT2D eigenvalue weighted by molar-refractivity contribution is 5.92. The van der Waals surface area contributed by atoms with Crippen LogP contribution >= 0.6 is 0 Å². The maximum absolute atomic E-state index is 12.1. The average molecular weight is 396 g/mol. The fourth-order valence-corrected chi connectivity index (χ4v) is 3.31. The van der Waals surface area contributed by atoms with Crippen LogP contribution in [0.1, 0.15) is 27.9 Å². The monoisotopic (exact) mass is 396 g/mol. The lowest BCUT2D eigenvalue weighted by Crippen LogP contribution is -2.51. The normalized spacial score (nSPS) is 16.5. The Kier molecular flexibility index (Phi) is 5.33. The third kappa shape index (κ3) is 4.31. The number of hydrogen-bond donors (Lipinski definition) is 2. The summed E-state index contributed by atoms with van der Waals surface area (Å²) in [5.74, 6) is -0.808. The molecule has 0 spiro atoms. The van der Waals surface area contributed by atoms with Crippen molar-refractivity contribution in [3.05, 3.63) is 59.2 Å². The third-order valence-corrected chi connectivity index (χ3v) is 4.79. The van der Waals surface area contributed by atoms with Crippen LogP contribution in [0.3, 0.4) is 0 Å². The van der Waals surface area contributed by atoms with Crippen LogP contribution in [-0.4, -0.2) is 37.1 Å². The molecular weight excluding hydrogens is 376 g/mol. The topological polar surface area (TPSA) is 103 Å². The second-order valence-corrected chi connectivity index (χ2v) is 6.81. The van der Waals surface area contributed by atoms with E-state index >= 15 is 0 Å². The van der Waals surface area contributed by atoms with Gasteiger partial charge in [0.1, 0.15) is 6.61 Å². The second-order valence-electron chi connectivity index (χ2n) is 6.81. The van der Waals surface area contributed by atoms with E-state index in [1.54, 1.807) is 30.3 Å². The molecule has 2 amide bonds. The van der Waals surface area contributed by atoms with Crippen LogP contribution in [0.4, 0.5) is 0 Å². The third-order valence-electron chi connectivity index (χ3n) is 4.79. The summed E-state index contributed by atoms with van der Waals surface area (Å²) in [6.07, 6.45) is 2.14. The highest BCUT2D eigenvalue weighted by atomic mass is 16.6. The van der Waals surface area contributed by atoms with Gasteiger partial charge in [-0.25, -0.2) is 4.79 Å². The molecule has 0 fully saturated rings. The Bertz CT molecular complexity index is 958. The highest BCUT2D eigenvalue weighted by Crippen LogP contribution is 2.30. The lowest BCUT2D eigenvalue weighted by molar-refractivity contribution is -0.135. The smallest absolute Gasteiger partial charge is 0.338 e. The fraction of sp³-hybridized carbons (Fsp3) is 0.286. The Labute approximate surface area is 167 Å². The van der Waals surface area contributed by atoms with Gasteiger partial charge < -0.3 is 14.2 Å². The lowest BCUT2D eigenvalue weighted by atomic mass is 10.1. The predicted octanol–water partition coefficient (Wildman–Crippen LogP) is 1.32. The molecule has 150 valence electrons. The maximum atomic E-state index is 12.1. The minimum Gasteiger partial charge on any atom is -0.485 e. The van der Waals surface area contributed by atoms with Crippen LogP contribution in [0.25, 0.3) is 0 Å². The number of fused-ring (bicyclic) bond motifs is 2. The Balaban J connectivity index is 1.22. The molecule has 1 heterocycles. The van der Waals surface area contributed by atoms with Gasteiger partial charge in [-0.1, -0.05) is 18.2 Å². The number of amides is 2. The summed E-state index contributed by atoms with van der Waals surface area (Å²) in [5, 5.41) is 0. The average Bonchev–Trinajstić information content (AvgIpc) is 3.23. The Morgan fingerprint density at radius 3 is 2.66 bits per heavy atom. The quantitative estimate of drug-likeness (QED) is 0.597. The predicted molar refractivity (Wildman–Crippen MR) is 101 cm³/mol. The van der Waals surface area contributed by atoms with E-state index in [4.69, 9.17) is 14.2 Å². The van der Waals surface area contributed by atoms with Crippen molar-refractivity contribution in [2.75, 3.05) is 13.2 Å². The van der Waals surface area contributed by atoms with Gasteiger partial charge in [0.15, 0.2) is 18.1 Å². The van der Waals surface area contributed by atoms with Crippen LogP contribution in [-0.2, 0) is 27.2 Å². The van der Waals surface area contributed by atoms with Crippen molar-refractivity contribution in [3.63, 3.8) is 0 Å². The molecule has 1 atom stereocenters. The van der Waals surface area contributed by atoms with Crippen molar-refractivity contribution >= 4 is 17.8 Å². The summed E-state index contributed by atoms with van der Waals surface area (Å²) < 4.78 is 16.0. The molecule has 4 rings (SSSR count). The van der Waals surface area contributed by atoms with Crippen molar-refractivity contribution in [1.29, 1.82) is 0 Å². The van der Waals surface area contributed by atoms with Gasteiger partial charge in [0, 0.05) is 0 Å². The SMILES string of the molecule is O=C(COC(=O)c1ccc2c(c1)CCC2)NNC(=O)[C@H]1COc2ccccc2O1. The molecule has 2 aromatic rings. The summed E-state index contributed by atoms with van der Waals surface area (Å²) in [4.78, 5) is 36.1. The summed E-state index contributed by atoms with van der Waals surface area (Å²) in [6, 6.07) is 12.4. The fourth-order valence-electron chi connectivity index (χ4n) is 3.31. The van der Waals surface area contributed by atoms with Crippen LogP contribution in [0.2, 0.25) is 0 Å². The van der Waals surface area contributed by atoms with Crippen molar-refractivity contribution in [2.45, 2.75) is 25.4 Å². The molecule has 1 aliphatic heterocycles. The molecule has 1 aliphatic carbocycles. The second kappa shape index (κ2) is 8.22. The van der Waals surface area contributed by atoms with E-state index in [1.807, 2.05) is 12.1 Å². The van der Waals surface area contributed by atoms with Gasteiger partial charge in [0.25, 0.3) is 11.8 Å². The zero-order valence-electron chi connectivity index (χ0n) is 15.6. The van der Waals surface area contributed by atoms with Gasteiger partial charge in [0.05, 0.1) is 5.56 Å². The van der Waals surface area contributed by atoms with E-state index in [9.17, 15) is 14.4 Å². The van der Waals surface area contributed by atoms with Crippen LogP contribution in [0.5, 0.6) is 11.5 Å². The summed E-state index contributed by atoms with van der Waals surface area (Å²) in [6.45, 7) is -0.493. The van der Waals surface area contributed by atoms with Gasteiger partial charge in [-0.2, -0.15) is 0 Å². The first-order chi connectivity index (χ1) is 14.1. The van der Waals surface area contributed by atoms with Crippen molar-refractivity contribution in [1.82, 2.24) is 10.9 Å². The molecule has 0 unspecified atom stereocenters. The Morgan fingerprint density at radius 1 is 1.00 bits per heavy atom. The summed E-state index contributed by atoms with van der Waals surface area (Å²) in [5.41, 5.74) is 7.25. The molecule has 0 saturated carbocycles. The highest BCUT2D eigenvalue weighted by Gasteiger charge is 2.27. The van der Waals surface area contributed by atoms with Gasteiger partial charge in [-0.15, -0.1) is 0 Å². The van der Waals surface area contributed by atoms with E-state index in [1.165, 1.54) is 5.56 Å². The minimum absolute atomic E-state index is 0.0199. The number of para-hydroxylation sites is 2. The molecule has 0 bridgehead atoms. The number of benzene rings is 2. The van der Waals surface area contributed by atoms with Crippen LogP contribution in [0.15, 0.2) is 42.5 Å². The van der Waals surface area contributed by atoms with E-state index in [-0.39, 0.29) is 6.61 Å². The number of hydrogen-bond acceptors (Lipinski definition) is 6. The number of esters is 1.